The SMILES string of the molecule is CCOC(=O)CN1C(=O)C(=Cc2ccc(F)cc2)SC1=S. The average molecular weight is 325 g/mol. The number of carbonyl (C=O) groups is 2. The highest BCUT2D eigenvalue weighted by Crippen LogP contribution is 2.32. The summed E-state index contributed by atoms with van der Waals surface area (Å²) in [6, 6.07) is 5.75. The van der Waals surface area contributed by atoms with E-state index >= 15 is 0 Å². The summed E-state index contributed by atoms with van der Waals surface area (Å²) in [5, 5.41) is 0. The number of benzene rings is 1. The summed E-state index contributed by atoms with van der Waals surface area (Å²) in [7, 11) is 0. The van der Waals surface area contributed by atoms with Crippen molar-refractivity contribution in [1.82, 2.24) is 4.90 Å². The molecule has 0 unspecified atom stereocenters. The minimum Gasteiger partial charge on any atom is -0.465 e. The molecule has 21 heavy (non-hydrogen) atoms. The minimum atomic E-state index is -0.503. The summed E-state index contributed by atoms with van der Waals surface area (Å²) < 4.78 is 18.0. The van der Waals surface area contributed by atoms with Crippen LogP contribution in [0.5, 0.6) is 0 Å². The van der Waals surface area contributed by atoms with E-state index < -0.39 is 5.97 Å². The van der Waals surface area contributed by atoms with Gasteiger partial charge < -0.3 is 4.74 Å². The second kappa shape index (κ2) is 6.82. The number of thioether (sulfide) groups is 1. The Morgan fingerprint density at radius 3 is 2.71 bits per heavy atom. The fraction of sp³-hybridized carbons (Fsp3) is 0.214. The van der Waals surface area contributed by atoms with E-state index in [1.54, 1.807) is 25.1 Å². The first kappa shape index (κ1) is 15.7. The molecule has 1 aliphatic heterocycles. The van der Waals surface area contributed by atoms with E-state index in [2.05, 4.69) is 0 Å². The second-order valence-corrected chi connectivity index (χ2v) is 5.80. The lowest BCUT2D eigenvalue weighted by atomic mass is 10.2. The summed E-state index contributed by atoms with van der Waals surface area (Å²) in [6.07, 6.45) is 1.61. The fourth-order valence-corrected chi connectivity index (χ4v) is 2.94. The Kier molecular flexibility index (Phi) is 5.08. The standard InChI is InChI=1S/C14H12FNO3S2/c1-2-19-12(17)8-16-13(18)11(21-14(16)20)7-9-3-5-10(15)6-4-9/h3-7H,2,8H2,1H3. The van der Waals surface area contributed by atoms with Gasteiger partial charge in [0, 0.05) is 0 Å². The normalized spacial score (nSPS) is 16.7. The number of amides is 1. The highest BCUT2D eigenvalue weighted by Gasteiger charge is 2.33. The lowest BCUT2D eigenvalue weighted by Gasteiger charge is -2.12. The van der Waals surface area contributed by atoms with Crippen molar-refractivity contribution in [2.75, 3.05) is 13.2 Å². The molecule has 1 aromatic carbocycles. The minimum absolute atomic E-state index is 0.195. The number of hydrogen-bond acceptors (Lipinski definition) is 5. The highest BCUT2D eigenvalue weighted by molar-refractivity contribution is 8.26. The quantitative estimate of drug-likeness (QED) is 0.484. The van der Waals surface area contributed by atoms with Crippen LogP contribution < -0.4 is 0 Å². The first-order valence-electron chi connectivity index (χ1n) is 6.18. The maximum atomic E-state index is 12.8. The third-order valence-corrected chi connectivity index (χ3v) is 4.01. The van der Waals surface area contributed by atoms with E-state index in [-0.39, 0.29) is 24.9 Å². The fourth-order valence-electron chi connectivity index (χ4n) is 1.68. The third-order valence-electron chi connectivity index (χ3n) is 2.63. The smallest absolute Gasteiger partial charge is 0.326 e. The zero-order valence-electron chi connectivity index (χ0n) is 11.2. The molecule has 1 aromatic rings. The lowest BCUT2D eigenvalue weighted by molar-refractivity contribution is -0.145. The molecular weight excluding hydrogens is 313 g/mol. The van der Waals surface area contributed by atoms with Gasteiger partial charge in [-0.15, -0.1) is 0 Å². The van der Waals surface area contributed by atoms with Crippen molar-refractivity contribution < 1.29 is 18.7 Å². The largest absolute Gasteiger partial charge is 0.465 e. The molecule has 1 fully saturated rings. The Balaban J connectivity index is 2.13. The van der Waals surface area contributed by atoms with Crippen LogP contribution in [0, 0.1) is 5.82 Å². The van der Waals surface area contributed by atoms with Crippen LogP contribution in [0.3, 0.4) is 0 Å². The molecule has 0 spiro atoms. The molecule has 0 N–H and O–H groups in total. The monoisotopic (exact) mass is 325 g/mol. The molecule has 1 amide bonds. The van der Waals surface area contributed by atoms with Crippen molar-refractivity contribution >= 4 is 46.3 Å². The molecule has 7 heteroatoms. The Morgan fingerprint density at radius 1 is 1.43 bits per heavy atom. The summed E-state index contributed by atoms with van der Waals surface area (Å²) in [5.41, 5.74) is 0.688. The number of halogens is 1. The number of thiocarbonyl (C=S) groups is 1. The molecule has 0 saturated carbocycles. The van der Waals surface area contributed by atoms with Gasteiger partial charge in [0.15, 0.2) is 0 Å². The Hall–Kier alpha value is -1.73. The number of carbonyl (C=O) groups excluding carboxylic acids is 2. The molecule has 0 radical (unpaired) electrons. The number of rotatable bonds is 4. The van der Waals surface area contributed by atoms with Crippen molar-refractivity contribution in [3.63, 3.8) is 0 Å². The van der Waals surface area contributed by atoms with Crippen LogP contribution in [-0.4, -0.2) is 34.2 Å². The first-order valence-corrected chi connectivity index (χ1v) is 7.40. The molecule has 1 heterocycles. The van der Waals surface area contributed by atoms with E-state index in [1.165, 1.54) is 17.0 Å². The van der Waals surface area contributed by atoms with E-state index in [1.807, 2.05) is 0 Å². The topological polar surface area (TPSA) is 46.6 Å². The van der Waals surface area contributed by atoms with Crippen LogP contribution in [-0.2, 0) is 14.3 Å². The van der Waals surface area contributed by atoms with Crippen LogP contribution in [0.25, 0.3) is 6.08 Å². The van der Waals surface area contributed by atoms with Gasteiger partial charge >= 0.3 is 5.97 Å². The Labute approximate surface area is 130 Å². The molecule has 0 atom stereocenters. The maximum absolute atomic E-state index is 12.8. The maximum Gasteiger partial charge on any atom is 0.326 e. The first-order chi connectivity index (χ1) is 10.0. The van der Waals surface area contributed by atoms with Gasteiger partial charge in [-0.1, -0.05) is 36.1 Å². The van der Waals surface area contributed by atoms with Crippen molar-refractivity contribution in [1.29, 1.82) is 0 Å². The van der Waals surface area contributed by atoms with Gasteiger partial charge in [-0.05, 0) is 30.7 Å². The van der Waals surface area contributed by atoms with E-state index in [9.17, 15) is 14.0 Å². The molecule has 1 saturated heterocycles. The Bertz CT molecular complexity index is 613. The predicted octanol–water partition coefficient (Wildman–Crippen LogP) is 2.59. The van der Waals surface area contributed by atoms with Gasteiger partial charge in [-0.2, -0.15) is 0 Å². The van der Waals surface area contributed by atoms with E-state index in [0.29, 0.717) is 14.8 Å². The predicted molar refractivity (Wildman–Crippen MR) is 82.9 cm³/mol. The van der Waals surface area contributed by atoms with Gasteiger partial charge in [-0.3, -0.25) is 14.5 Å². The summed E-state index contributed by atoms with van der Waals surface area (Å²) in [5.74, 6) is -1.19. The van der Waals surface area contributed by atoms with Gasteiger partial charge in [0.2, 0.25) is 0 Å². The zero-order chi connectivity index (χ0) is 15.4. The van der Waals surface area contributed by atoms with Gasteiger partial charge in [0.05, 0.1) is 11.5 Å². The Morgan fingerprint density at radius 2 is 2.10 bits per heavy atom. The third kappa shape index (κ3) is 3.89. The molecule has 4 nitrogen and oxygen atoms in total. The molecule has 1 aliphatic rings. The van der Waals surface area contributed by atoms with E-state index in [0.717, 1.165) is 11.8 Å². The molecule has 0 bridgehead atoms. The number of esters is 1. The van der Waals surface area contributed by atoms with Crippen LogP contribution in [0.1, 0.15) is 12.5 Å². The van der Waals surface area contributed by atoms with E-state index in [4.69, 9.17) is 17.0 Å². The highest BCUT2D eigenvalue weighted by atomic mass is 32.2. The van der Waals surface area contributed by atoms with Crippen LogP contribution in [0.15, 0.2) is 29.2 Å². The van der Waals surface area contributed by atoms with Gasteiger partial charge in [-0.25, -0.2) is 4.39 Å². The van der Waals surface area contributed by atoms with Crippen molar-refractivity contribution in [2.45, 2.75) is 6.92 Å². The average Bonchev–Trinajstić information content (AvgIpc) is 2.69. The molecule has 0 aromatic heterocycles. The molecular formula is C14H12FNO3S2. The summed E-state index contributed by atoms with van der Waals surface area (Å²) in [6.45, 7) is 1.74. The van der Waals surface area contributed by atoms with Crippen molar-refractivity contribution in [2.24, 2.45) is 0 Å². The van der Waals surface area contributed by atoms with Gasteiger partial charge in [0.1, 0.15) is 16.7 Å². The lowest BCUT2D eigenvalue weighted by Crippen LogP contribution is -2.34. The van der Waals surface area contributed by atoms with Crippen LogP contribution in [0.2, 0.25) is 0 Å². The number of hydrogen-bond donors (Lipinski definition) is 0. The van der Waals surface area contributed by atoms with Gasteiger partial charge in [0.25, 0.3) is 5.91 Å². The molecule has 2 rings (SSSR count). The summed E-state index contributed by atoms with van der Waals surface area (Å²) >= 11 is 6.20. The molecule has 0 aliphatic carbocycles. The number of ether oxygens (including phenoxy) is 1. The zero-order valence-corrected chi connectivity index (χ0v) is 12.8. The van der Waals surface area contributed by atoms with Crippen molar-refractivity contribution in [3.05, 3.63) is 40.6 Å². The second-order valence-electron chi connectivity index (χ2n) is 4.12. The van der Waals surface area contributed by atoms with Crippen LogP contribution in [0.4, 0.5) is 4.39 Å². The van der Waals surface area contributed by atoms with Crippen molar-refractivity contribution in [3.8, 4) is 0 Å². The van der Waals surface area contributed by atoms with Crippen LogP contribution >= 0.6 is 24.0 Å². The summed E-state index contributed by atoms with van der Waals surface area (Å²) in [4.78, 5) is 25.2. The molecule has 110 valence electrons. The number of nitrogens with zero attached hydrogens (tertiary/aromatic N) is 1.